The number of nitrogens with two attached hydrogens (primary N) is 1. The molecule has 3 rings (SSSR count). The highest BCUT2D eigenvalue weighted by atomic mass is 16.5. The number of pyridine rings is 1. The maximum atomic E-state index is 11.5. The first kappa shape index (κ1) is 18.3. The lowest BCUT2D eigenvalue weighted by atomic mass is 10.1. The van der Waals surface area contributed by atoms with E-state index in [2.05, 4.69) is 15.3 Å². The van der Waals surface area contributed by atoms with E-state index in [1.54, 1.807) is 33.3 Å². The summed E-state index contributed by atoms with van der Waals surface area (Å²) in [5, 5.41) is 2.49. The van der Waals surface area contributed by atoms with E-state index in [-0.39, 0.29) is 24.8 Å². The predicted molar refractivity (Wildman–Crippen MR) is 101 cm³/mol. The highest BCUT2D eigenvalue weighted by molar-refractivity contribution is 6.05. The number of aliphatic imine (C=N–C) groups is 1. The molecule has 0 aliphatic carbocycles. The van der Waals surface area contributed by atoms with Crippen LogP contribution in [0.3, 0.4) is 0 Å². The van der Waals surface area contributed by atoms with E-state index in [9.17, 15) is 4.79 Å². The third-order valence-corrected chi connectivity index (χ3v) is 3.82. The summed E-state index contributed by atoms with van der Waals surface area (Å²) in [5.74, 6) is 2.00. The third-order valence-electron chi connectivity index (χ3n) is 3.82. The van der Waals surface area contributed by atoms with Gasteiger partial charge in [0.15, 0.2) is 23.1 Å². The molecule has 9 heteroatoms. The molecule has 0 saturated carbocycles. The third kappa shape index (κ3) is 3.86. The molecule has 0 fully saturated rings. The Balaban J connectivity index is 1.91. The van der Waals surface area contributed by atoms with Crippen LogP contribution < -0.4 is 25.3 Å². The van der Waals surface area contributed by atoms with Crippen molar-refractivity contribution in [2.75, 3.05) is 38.5 Å². The number of amides is 1. The van der Waals surface area contributed by atoms with Gasteiger partial charge in [0.05, 0.1) is 26.5 Å². The molecule has 0 bridgehead atoms. The molecule has 1 aromatic carbocycles. The highest BCUT2D eigenvalue weighted by Crippen LogP contribution is 2.38. The Morgan fingerprint density at radius 3 is 2.74 bits per heavy atom. The van der Waals surface area contributed by atoms with Crippen molar-refractivity contribution >= 4 is 29.1 Å². The van der Waals surface area contributed by atoms with Gasteiger partial charge in [-0.05, 0) is 25.1 Å². The minimum absolute atomic E-state index is 0.136. The van der Waals surface area contributed by atoms with Crippen LogP contribution in [-0.4, -0.2) is 44.2 Å². The number of carbonyl (C=O) groups excluding carboxylic acids is 1. The molecule has 2 heterocycles. The summed E-state index contributed by atoms with van der Waals surface area (Å²) in [5.41, 5.74) is 7.88. The number of nitrogens with zero attached hydrogens (tertiary/aromatic N) is 2. The lowest BCUT2D eigenvalue weighted by Crippen LogP contribution is -2.19. The Morgan fingerprint density at radius 2 is 2.04 bits per heavy atom. The van der Waals surface area contributed by atoms with E-state index in [1.807, 2.05) is 12.1 Å². The molecule has 142 valence electrons. The van der Waals surface area contributed by atoms with E-state index in [0.29, 0.717) is 28.6 Å². The molecule has 1 aliphatic heterocycles. The number of hydrogen-bond donors (Lipinski definition) is 2. The lowest BCUT2D eigenvalue weighted by Gasteiger charge is -2.19. The maximum absolute atomic E-state index is 11.5. The van der Waals surface area contributed by atoms with E-state index in [1.165, 1.54) is 0 Å². The van der Waals surface area contributed by atoms with Gasteiger partial charge in [0, 0.05) is 11.6 Å². The molecular formula is C18H20N4O5. The van der Waals surface area contributed by atoms with Crippen molar-refractivity contribution < 1.29 is 23.7 Å². The molecule has 3 N–H and O–H groups in total. The summed E-state index contributed by atoms with van der Waals surface area (Å²) in [6.07, 6.45) is -0.616. The van der Waals surface area contributed by atoms with E-state index >= 15 is 0 Å². The van der Waals surface area contributed by atoms with Crippen LogP contribution in [-0.2, 0) is 4.74 Å². The van der Waals surface area contributed by atoms with Crippen molar-refractivity contribution in [3.8, 4) is 17.2 Å². The molecule has 1 aliphatic rings. The summed E-state index contributed by atoms with van der Waals surface area (Å²) in [6, 6.07) is 7.01. The van der Waals surface area contributed by atoms with Gasteiger partial charge in [0.1, 0.15) is 18.1 Å². The predicted octanol–water partition coefficient (Wildman–Crippen LogP) is 2.76. The quantitative estimate of drug-likeness (QED) is 0.828. The van der Waals surface area contributed by atoms with Gasteiger partial charge in [-0.15, -0.1) is 0 Å². The number of fused-ring (bicyclic) bond motifs is 1. The molecule has 0 atom stereocenters. The number of benzene rings is 1. The summed E-state index contributed by atoms with van der Waals surface area (Å²) < 4.78 is 21.2. The van der Waals surface area contributed by atoms with Crippen LogP contribution in [0.25, 0.3) is 0 Å². The number of aromatic nitrogens is 1. The Morgan fingerprint density at radius 1 is 1.26 bits per heavy atom. The lowest BCUT2D eigenvalue weighted by molar-refractivity contribution is 0.168. The van der Waals surface area contributed by atoms with Crippen LogP contribution in [0, 0.1) is 0 Å². The molecule has 0 spiro atoms. The monoisotopic (exact) mass is 372 g/mol. The zero-order valence-electron chi connectivity index (χ0n) is 15.2. The van der Waals surface area contributed by atoms with Crippen LogP contribution in [0.5, 0.6) is 17.2 Å². The molecule has 0 unspecified atom stereocenters. The van der Waals surface area contributed by atoms with Gasteiger partial charge in [0.2, 0.25) is 0 Å². The van der Waals surface area contributed by atoms with E-state index in [0.717, 1.165) is 5.56 Å². The van der Waals surface area contributed by atoms with Crippen molar-refractivity contribution in [2.45, 2.75) is 6.92 Å². The standard InChI is InChI=1S/C18H20N4O5/c1-4-26-18(23)22-15-8-14-16(17(19)21-15)20-11(9-27-14)10-5-6-12(24-2)13(7-10)25-3/h5-8H,4,9H2,1-3H3,(H3,19,21,22,23). The highest BCUT2D eigenvalue weighted by Gasteiger charge is 2.21. The largest absolute Gasteiger partial charge is 0.493 e. The summed E-state index contributed by atoms with van der Waals surface area (Å²) in [4.78, 5) is 20.2. The van der Waals surface area contributed by atoms with Crippen molar-refractivity contribution in [1.82, 2.24) is 4.98 Å². The Bertz CT molecular complexity index is 898. The van der Waals surface area contributed by atoms with Crippen LogP contribution in [0.2, 0.25) is 0 Å². The van der Waals surface area contributed by atoms with Gasteiger partial charge in [0.25, 0.3) is 0 Å². The number of carbonyl (C=O) groups is 1. The number of ether oxygens (including phenoxy) is 4. The van der Waals surface area contributed by atoms with Crippen LogP contribution in [0.15, 0.2) is 29.3 Å². The van der Waals surface area contributed by atoms with Gasteiger partial charge in [-0.25, -0.2) is 14.8 Å². The first-order chi connectivity index (χ1) is 13.0. The smallest absolute Gasteiger partial charge is 0.412 e. The minimum Gasteiger partial charge on any atom is -0.493 e. The number of anilines is 2. The average Bonchev–Trinajstić information content (AvgIpc) is 2.67. The van der Waals surface area contributed by atoms with E-state index < -0.39 is 6.09 Å². The second-order valence-electron chi connectivity index (χ2n) is 5.50. The molecule has 0 radical (unpaired) electrons. The number of nitrogen functional groups attached to an aromatic ring is 1. The second-order valence-corrected chi connectivity index (χ2v) is 5.50. The fourth-order valence-electron chi connectivity index (χ4n) is 2.57. The summed E-state index contributed by atoms with van der Waals surface area (Å²) >= 11 is 0. The molecule has 1 amide bonds. The van der Waals surface area contributed by atoms with Gasteiger partial charge in [-0.3, -0.25) is 5.32 Å². The van der Waals surface area contributed by atoms with Crippen molar-refractivity contribution in [2.24, 2.45) is 4.99 Å². The topological polar surface area (TPSA) is 117 Å². The van der Waals surface area contributed by atoms with Crippen LogP contribution >= 0.6 is 0 Å². The van der Waals surface area contributed by atoms with E-state index in [4.69, 9.17) is 24.7 Å². The Labute approximate surface area is 156 Å². The number of hydrogen-bond acceptors (Lipinski definition) is 8. The van der Waals surface area contributed by atoms with Crippen molar-refractivity contribution in [3.63, 3.8) is 0 Å². The molecule has 1 aromatic heterocycles. The Kier molecular flexibility index (Phi) is 5.30. The zero-order valence-corrected chi connectivity index (χ0v) is 15.2. The van der Waals surface area contributed by atoms with Crippen LogP contribution in [0.4, 0.5) is 22.1 Å². The van der Waals surface area contributed by atoms with Crippen molar-refractivity contribution in [3.05, 3.63) is 29.8 Å². The Hall–Kier alpha value is -3.49. The van der Waals surface area contributed by atoms with Gasteiger partial charge >= 0.3 is 6.09 Å². The number of methoxy groups -OCH3 is 2. The van der Waals surface area contributed by atoms with Gasteiger partial charge in [-0.1, -0.05) is 0 Å². The second kappa shape index (κ2) is 7.81. The van der Waals surface area contributed by atoms with Gasteiger partial charge < -0.3 is 24.7 Å². The first-order valence-electron chi connectivity index (χ1n) is 8.22. The minimum atomic E-state index is -0.616. The molecular weight excluding hydrogens is 352 g/mol. The average molecular weight is 372 g/mol. The maximum Gasteiger partial charge on any atom is 0.412 e. The van der Waals surface area contributed by atoms with Crippen LogP contribution in [0.1, 0.15) is 12.5 Å². The molecule has 0 saturated heterocycles. The molecule has 27 heavy (non-hydrogen) atoms. The summed E-state index contributed by atoms with van der Waals surface area (Å²) in [6.45, 7) is 2.19. The fourth-order valence-corrected chi connectivity index (χ4v) is 2.57. The SMILES string of the molecule is CCOC(=O)Nc1cc2c(c(N)n1)N=C(c1ccc(OC)c(OC)c1)CO2. The first-order valence-corrected chi connectivity index (χ1v) is 8.22. The normalized spacial score (nSPS) is 12.3. The van der Waals surface area contributed by atoms with Gasteiger partial charge in [-0.2, -0.15) is 0 Å². The molecule has 2 aromatic rings. The summed E-state index contributed by atoms with van der Waals surface area (Å²) in [7, 11) is 3.14. The number of nitrogens with one attached hydrogen (secondary N) is 1. The number of rotatable bonds is 5. The van der Waals surface area contributed by atoms with Crippen molar-refractivity contribution in [1.29, 1.82) is 0 Å². The zero-order chi connectivity index (χ0) is 19.4. The fraction of sp³-hybridized carbons (Fsp3) is 0.278. The molecule has 9 nitrogen and oxygen atoms in total.